The summed E-state index contributed by atoms with van der Waals surface area (Å²) >= 11 is 5.97. The monoisotopic (exact) mass is 400 g/mol. The number of anilines is 1. The first-order valence-corrected chi connectivity index (χ1v) is 9.78. The van der Waals surface area contributed by atoms with Crippen molar-refractivity contribution in [1.29, 1.82) is 0 Å². The SMILES string of the molecule is Cc1ccc(Cl)cc1NC(=O)[C@@H](C)OC(=O)/C=C/c1cc(C)n(C2CC2)c1C. The molecule has 148 valence electrons. The van der Waals surface area contributed by atoms with Crippen LogP contribution < -0.4 is 5.32 Å². The first kappa shape index (κ1) is 20.2. The number of halogens is 1. The van der Waals surface area contributed by atoms with E-state index in [2.05, 4.69) is 29.8 Å². The Labute approximate surface area is 170 Å². The van der Waals surface area contributed by atoms with Gasteiger partial charge >= 0.3 is 5.97 Å². The molecule has 0 aliphatic heterocycles. The third-order valence-electron chi connectivity index (χ3n) is 4.95. The van der Waals surface area contributed by atoms with Crippen molar-refractivity contribution in [2.45, 2.75) is 52.7 Å². The van der Waals surface area contributed by atoms with Crippen molar-refractivity contribution in [1.82, 2.24) is 4.57 Å². The number of nitrogens with one attached hydrogen (secondary N) is 1. The summed E-state index contributed by atoms with van der Waals surface area (Å²) in [5.41, 5.74) is 4.81. The standard InChI is InChI=1S/C22H25ClN2O3/c1-13-5-7-18(23)12-20(13)24-22(27)16(4)28-21(26)10-6-17-11-14(2)25(15(17)3)19-8-9-19/h5-7,10-12,16,19H,8-9H2,1-4H3,(H,24,27)/b10-6+/t16-/m1/s1. The normalized spacial score (nSPS) is 14.9. The van der Waals surface area contributed by atoms with E-state index in [0.717, 1.165) is 16.8 Å². The number of aromatic nitrogens is 1. The molecule has 1 aromatic carbocycles. The zero-order valence-electron chi connectivity index (χ0n) is 16.6. The second-order valence-corrected chi connectivity index (χ2v) is 7.73. The Kier molecular flexibility index (Phi) is 5.94. The van der Waals surface area contributed by atoms with E-state index in [1.54, 1.807) is 25.1 Å². The Morgan fingerprint density at radius 2 is 1.96 bits per heavy atom. The van der Waals surface area contributed by atoms with Crippen LogP contribution in [0.2, 0.25) is 5.02 Å². The highest BCUT2D eigenvalue weighted by Gasteiger charge is 2.26. The fourth-order valence-electron chi connectivity index (χ4n) is 3.25. The average molecular weight is 401 g/mol. The van der Waals surface area contributed by atoms with Gasteiger partial charge in [-0.2, -0.15) is 0 Å². The number of nitrogens with zero attached hydrogens (tertiary/aromatic N) is 1. The highest BCUT2D eigenvalue weighted by atomic mass is 35.5. The summed E-state index contributed by atoms with van der Waals surface area (Å²) < 4.78 is 7.55. The molecule has 1 aliphatic carbocycles. The highest BCUT2D eigenvalue weighted by molar-refractivity contribution is 6.31. The van der Waals surface area contributed by atoms with E-state index in [-0.39, 0.29) is 0 Å². The maximum absolute atomic E-state index is 12.3. The van der Waals surface area contributed by atoms with Crippen molar-refractivity contribution < 1.29 is 14.3 Å². The largest absolute Gasteiger partial charge is 0.449 e. The minimum atomic E-state index is -0.922. The number of carbonyl (C=O) groups excluding carboxylic acids is 2. The number of hydrogen-bond donors (Lipinski definition) is 1. The van der Waals surface area contributed by atoms with Gasteiger partial charge in [-0.1, -0.05) is 17.7 Å². The molecule has 3 rings (SSSR count). The number of benzene rings is 1. The summed E-state index contributed by atoms with van der Waals surface area (Å²) in [4.78, 5) is 24.4. The molecule has 1 N–H and O–H groups in total. The van der Waals surface area contributed by atoms with E-state index in [1.165, 1.54) is 24.6 Å². The third-order valence-corrected chi connectivity index (χ3v) is 5.19. The van der Waals surface area contributed by atoms with Crippen molar-refractivity contribution in [3.8, 4) is 0 Å². The summed E-state index contributed by atoms with van der Waals surface area (Å²) in [6.45, 7) is 7.54. The number of rotatable bonds is 6. The van der Waals surface area contributed by atoms with Gasteiger partial charge in [0.25, 0.3) is 5.91 Å². The molecule has 0 unspecified atom stereocenters. The van der Waals surface area contributed by atoms with E-state index < -0.39 is 18.0 Å². The Bertz CT molecular complexity index is 941. The van der Waals surface area contributed by atoms with Gasteiger partial charge in [0.1, 0.15) is 0 Å². The first-order chi connectivity index (χ1) is 13.3. The van der Waals surface area contributed by atoms with Crippen molar-refractivity contribution in [3.63, 3.8) is 0 Å². The van der Waals surface area contributed by atoms with E-state index in [9.17, 15) is 9.59 Å². The fraction of sp³-hybridized carbons (Fsp3) is 0.364. The lowest BCUT2D eigenvalue weighted by Crippen LogP contribution is -2.29. The zero-order chi connectivity index (χ0) is 20.4. The number of amides is 1. The van der Waals surface area contributed by atoms with Crippen LogP contribution in [0.15, 0.2) is 30.3 Å². The molecule has 1 saturated carbocycles. The van der Waals surface area contributed by atoms with Gasteiger partial charge in [0.15, 0.2) is 6.10 Å². The molecule has 1 atom stereocenters. The maximum Gasteiger partial charge on any atom is 0.331 e. The zero-order valence-corrected chi connectivity index (χ0v) is 17.3. The van der Waals surface area contributed by atoms with E-state index in [0.29, 0.717) is 16.8 Å². The molecule has 1 amide bonds. The van der Waals surface area contributed by atoms with Crippen LogP contribution in [0.3, 0.4) is 0 Å². The lowest BCUT2D eigenvalue weighted by Gasteiger charge is -2.14. The number of aryl methyl sites for hydroxylation is 2. The molecule has 0 spiro atoms. The van der Waals surface area contributed by atoms with Gasteiger partial charge in [0.05, 0.1) is 0 Å². The van der Waals surface area contributed by atoms with E-state index >= 15 is 0 Å². The van der Waals surface area contributed by atoms with Crippen LogP contribution >= 0.6 is 11.6 Å². The molecule has 1 aromatic heterocycles. The molecule has 0 saturated heterocycles. The average Bonchev–Trinajstić information content (AvgIpc) is 3.42. The van der Waals surface area contributed by atoms with E-state index in [4.69, 9.17) is 16.3 Å². The minimum absolute atomic E-state index is 0.404. The molecular formula is C22H25ClN2O3. The molecule has 0 bridgehead atoms. The van der Waals surface area contributed by atoms with Crippen LogP contribution in [-0.4, -0.2) is 22.5 Å². The maximum atomic E-state index is 12.3. The van der Waals surface area contributed by atoms with Gasteiger partial charge in [0.2, 0.25) is 0 Å². The predicted octanol–water partition coefficient (Wildman–Crippen LogP) is 4.99. The van der Waals surface area contributed by atoms with Crippen molar-refractivity contribution >= 4 is 35.2 Å². The summed E-state index contributed by atoms with van der Waals surface area (Å²) in [6.07, 6.45) is 4.61. The van der Waals surface area contributed by atoms with Crippen LogP contribution in [0.1, 0.15) is 48.3 Å². The summed E-state index contributed by atoms with van der Waals surface area (Å²) in [6, 6.07) is 7.89. The summed E-state index contributed by atoms with van der Waals surface area (Å²) in [5, 5.41) is 3.27. The third kappa shape index (κ3) is 4.65. The predicted molar refractivity (Wildman–Crippen MR) is 112 cm³/mol. The molecule has 1 fully saturated rings. The number of carbonyl (C=O) groups is 2. The Hall–Kier alpha value is -2.53. The van der Waals surface area contributed by atoms with Gasteiger partial charge in [-0.05, 0) is 75.9 Å². The second kappa shape index (κ2) is 8.23. The summed E-state index contributed by atoms with van der Waals surface area (Å²) in [7, 11) is 0. The first-order valence-electron chi connectivity index (χ1n) is 9.40. The van der Waals surface area contributed by atoms with E-state index in [1.807, 2.05) is 13.0 Å². The Morgan fingerprint density at radius 3 is 2.64 bits per heavy atom. The number of esters is 1. The number of hydrogen-bond acceptors (Lipinski definition) is 3. The number of ether oxygens (including phenoxy) is 1. The van der Waals surface area contributed by atoms with Gasteiger partial charge in [0, 0.05) is 34.2 Å². The lowest BCUT2D eigenvalue weighted by molar-refractivity contribution is -0.148. The Morgan fingerprint density at radius 1 is 1.25 bits per heavy atom. The molecule has 1 aliphatic rings. The topological polar surface area (TPSA) is 60.3 Å². The van der Waals surface area contributed by atoms with Crippen LogP contribution in [-0.2, 0) is 14.3 Å². The van der Waals surface area contributed by atoms with Crippen molar-refractivity contribution in [3.05, 3.63) is 57.9 Å². The quantitative estimate of drug-likeness (QED) is 0.549. The molecule has 0 radical (unpaired) electrons. The molecular weight excluding hydrogens is 376 g/mol. The van der Waals surface area contributed by atoms with Crippen molar-refractivity contribution in [2.75, 3.05) is 5.32 Å². The van der Waals surface area contributed by atoms with Crippen LogP contribution in [0.5, 0.6) is 0 Å². The van der Waals surface area contributed by atoms with Gasteiger partial charge < -0.3 is 14.6 Å². The molecule has 1 heterocycles. The highest BCUT2D eigenvalue weighted by Crippen LogP contribution is 2.38. The van der Waals surface area contributed by atoms with Gasteiger partial charge in [-0.25, -0.2) is 4.79 Å². The molecule has 2 aromatic rings. The second-order valence-electron chi connectivity index (χ2n) is 7.29. The smallest absolute Gasteiger partial charge is 0.331 e. The van der Waals surface area contributed by atoms with Crippen LogP contribution in [0.25, 0.3) is 6.08 Å². The van der Waals surface area contributed by atoms with Gasteiger partial charge in [-0.3, -0.25) is 4.79 Å². The Balaban J connectivity index is 1.59. The lowest BCUT2D eigenvalue weighted by atomic mass is 10.2. The van der Waals surface area contributed by atoms with Gasteiger partial charge in [-0.15, -0.1) is 0 Å². The van der Waals surface area contributed by atoms with Crippen LogP contribution in [0, 0.1) is 20.8 Å². The van der Waals surface area contributed by atoms with Crippen molar-refractivity contribution in [2.24, 2.45) is 0 Å². The molecule has 28 heavy (non-hydrogen) atoms. The fourth-order valence-corrected chi connectivity index (χ4v) is 3.43. The summed E-state index contributed by atoms with van der Waals surface area (Å²) in [5.74, 6) is -0.958. The minimum Gasteiger partial charge on any atom is -0.449 e. The molecule has 6 heteroatoms. The van der Waals surface area contributed by atoms with Crippen LogP contribution in [0.4, 0.5) is 5.69 Å². The molecule has 5 nitrogen and oxygen atoms in total.